The molecule has 0 heterocycles. The van der Waals surface area contributed by atoms with Gasteiger partial charge in [-0.2, -0.15) is 0 Å². The highest BCUT2D eigenvalue weighted by Gasteiger charge is 2.24. The van der Waals surface area contributed by atoms with E-state index in [0.717, 1.165) is 0 Å². The summed E-state index contributed by atoms with van der Waals surface area (Å²) >= 11 is 27.1. The van der Waals surface area contributed by atoms with Crippen LogP contribution in [0.1, 0.15) is 41.5 Å². The molecule has 2 rings (SSSR count). The Morgan fingerprint density at radius 2 is 1.12 bits per heavy atom. The maximum atomic E-state index is 11.7. The second-order valence-corrected chi connectivity index (χ2v) is 20.4. The van der Waals surface area contributed by atoms with Crippen molar-refractivity contribution in [3.8, 4) is 11.5 Å². The third-order valence-electron chi connectivity index (χ3n) is 3.70. The molecular weight excluding hydrogens is 656 g/mol. The molecule has 0 amide bonds. The van der Waals surface area contributed by atoms with Crippen molar-refractivity contribution in [2.45, 2.75) is 65.8 Å². The Hall–Kier alpha value is -0.865. The number of hydrogen-bond donors (Lipinski definition) is 2. The normalized spacial score (nSPS) is 13.5. The predicted molar refractivity (Wildman–Crippen MR) is 175 cm³/mol. The van der Waals surface area contributed by atoms with Crippen molar-refractivity contribution in [3.05, 3.63) is 60.7 Å². The molecule has 0 spiro atoms. The third kappa shape index (κ3) is 22.8. The lowest BCUT2D eigenvalue weighted by molar-refractivity contribution is -0.149. The first-order valence-corrected chi connectivity index (χ1v) is 19.8. The second kappa shape index (κ2) is 20.9. The van der Waals surface area contributed by atoms with Crippen LogP contribution in [-0.4, -0.2) is 44.6 Å². The van der Waals surface area contributed by atoms with Crippen LogP contribution in [0.15, 0.2) is 60.7 Å². The topological polar surface area (TPSA) is 109 Å². The van der Waals surface area contributed by atoms with Gasteiger partial charge in [-0.1, -0.05) is 36.4 Å². The van der Waals surface area contributed by atoms with Gasteiger partial charge in [0.2, 0.25) is 0 Å². The molecule has 3 N–H and O–H groups in total. The minimum Gasteiger partial charge on any atom is -0.462 e. The van der Waals surface area contributed by atoms with Crippen molar-refractivity contribution < 1.29 is 28.1 Å². The smallest absolute Gasteiger partial charge is 0.323 e. The lowest BCUT2D eigenvalue weighted by Crippen LogP contribution is -2.34. The number of rotatable bonds is 10. The number of carbonyl (C=O) groups is 2. The van der Waals surface area contributed by atoms with Crippen LogP contribution in [0.5, 0.6) is 11.5 Å². The summed E-state index contributed by atoms with van der Waals surface area (Å²) in [6.07, 6.45) is -0.247. The molecule has 40 heavy (non-hydrogen) atoms. The molecule has 8 nitrogen and oxygen atoms in total. The Morgan fingerprint density at radius 1 is 0.750 bits per heavy atom. The molecule has 1 unspecified atom stereocenters. The molecule has 0 aliphatic rings. The number of hydrogen-bond acceptors (Lipinski definition) is 9. The van der Waals surface area contributed by atoms with Crippen LogP contribution in [-0.2, 0) is 42.7 Å². The summed E-state index contributed by atoms with van der Waals surface area (Å²) in [4.78, 5) is 19.7. The van der Waals surface area contributed by atoms with Gasteiger partial charge in [0.15, 0.2) is 0 Å². The standard InChI is InChI=1S/C12H17ClNO3PS.C6H5Cl2OPS.C6H13NO2.B/c1-9(2)16-12(15)10(3)14-18(13,19)17-11-7-5-4-6-8-11;7-10(8,11)9-6-4-2-1-3-5-6;1-4(2)9-6(8)5(3)7;/h4-10H,1-3H3,(H,14,19);1-5H;4-5H,7H2,1-3H3;/t10-,18?;;5-;/m0.0./s1. The first-order valence-electron chi connectivity index (χ1n) is 11.6. The Kier molecular flexibility index (Phi) is 21.6. The number of para-hydroxylation sites is 2. The maximum absolute atomic E-state index is 11.7. The first-order chi connectivity index (χ1) is 17.9. The Bertz CT molecular complexity index is 1100. The minimum absolute atomic E-state index is 0. The van der Waals surface area contributed by atoms with Crippen LogP contribution in [0.4, 0.5) is 0 Å². The molecule has 223 valence electrons. The van der Waals surface area contributed by atoms with Crippen LogP contribution in [0.2, 0.25) is 0 Å². The molecule has 2 aromatic rings. The fraction of sp³-hybridized carbons (Fsp3) is 0.417. The number of benzene rings is 2. The van der Waals surface area contributed by atoms with Crippen molar-refractivity contribution >= 4 is 88.4 Å². The summed E-state index contributed by atoms with van der Waals surface area (Å²) < 4.78 is 20.4. The Labute approximate surface area is 264 Å². The van der Waals surface area contributed by atoms with Crippen LogP contribution in [0.3, 0.4) is 0 Å². The summed E-state index contributed by atoms with van der Waals surface area (Å²) in [5.41, 5.74) is 5.21. The molecule has 2 aromatic carbocycles. The first kappa shape index (κ1) is 41.3. The highest BCUT2D eigenvalue weighted by molar-refractivity contribution is 8.36. The van der Waals surface area contributed by atoms with Gasteiger partial charge < -0.3 is 24.3 Å². The zero-order chi connectivity index (χ0) is 30.2. The SMILES string of the molecule is CC(C)OC(=O)[C@H](C)N.CC(C)OC(=O)[C@H](C)NP(=S)(Cl)Oc1ccccc1.S=P(Cl)(Cl)Oc1ccccc1.[B]. The number of nitrogens with two attached hydrogens (primary N) is 1. The highest BCUT2D eigenvalue weighted by atomic mass is 35.9. The zero-order valence-corrected chi connectivity index (χ0v) is 28.7. The molecule has 16 heteroatoms. The largest absolute Gasteiger partial charge is 0.462 e. The Balaban J connectivity index is 0. The maximum Gasteiger partial charge on any atom is 0.323 e. The van der Waals surface area contributed by atoms with Gasteiger partial charge in [-0.05, 0) is 123 Å². The summed E-state index contributed by atoms with van der Waals surface area (Å²) in [7, 11) is 0. The molecule has 0 bridgehead atoms. The molecule has 3 radical (unpaired) electrons. The van der Waals surface area contributed by atoms with Gasteiger partial charge in [0.25, 0.3) is 10.7 Å². The molecule has 0 aliphatic carbocycles. The van der Waals surface area contributed by atoms with Gasteiger partial charge in [-0.25, -0.2) is 5.09 Å². The molecule has 0 saturated heterocycles. The predicted octanol–water partition coefficient (Wildman–Crippen LogP) is 7.13. The van der Waals surface area contributed by atoms with E-state index in [2.05, 4.69) is 16.9 Å². The van der Waals surface area contributed by atoms with Crippen molar-refractivity contribution in [2.75, 3.05) is 0 Å². The molecule has 3 atom stereocenters. The summed E-state index contributed by atoms with van der Waals surface area (Å²) in [6, 6.07) is 16.9. The summed E-state index contributed by atoms with van der Waals surface area (Å²) in [5, 5.41) is 2.80. The van der Waals surface area contributed by atoms with E-state index < -0.39 is 28.8 Å². The average molecular weight is 691 g/mol. The van der Waals surface area contributed by atoms with E-state index in [-0.39, 0.29) is 26.6 Å². The van der Waals surface area contributed by atoms with Crippen molar-refractivity contribution in [2.24, 2.45) is 5.73 Å². The minimum atomic E-state index is -2.81. The number of nitrogens with one attached hydrogen (secondary N) is 1. The number of halogens is 3. The van der Waals surface area contributed by atoms with Crippen LogP contribution in [0, 0.1) is 0 Å². The molecule has 0 saturated carbocycles. The lowest BCUT2D eigenvalue weighted by Gasteiger charge is -2.21. The number of esters is 2. The second-order valence-electron chi connectivity index (χ2n) is 8.31. The highest BCUT2D eigenvalue weighted by Crippen LogP contribution is 2.57. The Morgan fingerprint density at radius 3 is 1.45 bits per heavy atom. The molecule has 0 fully saturated rings. The van der Waals surface area contributed by atoms with Crippen LogP contribution < -0.4 is 19.9 Å². The summed E-state index contributed by atoms with van der Waals surface area (Å²) in [5.74, 6) is -2.38. The van der Waals surface area contributed by atoms with E-state index in [0.29, 0.717) is 11.5 Å². The van der Waals surface area contributed by atoms with Crippen LogP contribution >= 0.6 is 44.5 Å². The van der Waals surface area contributed by atoms with Crippen molar-refractivity contribution in [1.82, 2.24) is 5.09 Å². The zero-order valence-electron chi connectivity index (χ0n) is 23.0. The van der Waals surface area contributed by atoms with E-state index in [1.54, 1.807) is 65.8 Å². The third-order valence-corrected chi connectivity index (χ3v) is 6.94. The van der Waals surface area contributed by atoms with Gasteiger partial charge in [0, 0.05) is 8.41 Å². The van der Waals surface area contributed by atoms with E-state index in [4.69, 9.17) is 69.8 Å². The fourth-order valence-electron chi connectivity index (χ4n) is 2.21. The molecule has 0 aromatic heterocycles. The molecular formula is C24H35BCl3N2O6P2S2. The van der Waals surface area contributed by atoms with Gasteiger partial charge in [0.05, 0.1) is 12.2 Å². The van der Waals surface area contributed by atoms with Gasteiger partial charge in [-0.3, -0.25) is 9.59 Å². The fourth-order valence-corrected chi connectivity index (χ4v) is 5.73. The molecule has 0 aliphatic heterocycles. The van der Waals surface area contributed by atoms with Gasteiger partial charge in [0.1, 0.15) is 23.6 Å². The van der Waals surface area contributed by atoms with Crippen LogP contribution in [0.25, 0.3) is 0 Å². The quantitative estimate of drug-likeness (QED) is 0.152. The average Bonchev–Trinajstić information content (AvgIpc) is 2.78. The number of ether oxygens (including phenoxy) is 2. The van der Waals surface area contributed by atoms with E-state index >= 15 is 0 Å². The van der Waals surface area contributed by atoms with Crippen molar-refractivity contribution in [1.29, 1.82) is 0 Å². The van der Waals surface area contributed by atoms with Gasteiger partial charge in [-0.15, -0.1) is 0 Å². The van der Waals surface area contributed by atoms with E-state index in [1.807, 2.05) is 36.4 Å². The lowest BCUT2D eigenvalue weighted by atomic mass is 10.3. The van der Waals surface area contributed by atoms with Gasteiger partial charge >= 0.3 is 11.9 Å². The summed E-state index contributed by atoms with van der Waals surface area (Å²) in [6.45, 7) is 10.4. The van der Waals surface area contributed by atoms with E-state index in [9.17, 15) is 9.59 Å². The van der Waals surface area contributed by atoms with Crippen molar-refractivity contribution in [3.63, 3.8) is 0 Å². The monoisotopic (exact) mass is 689 g/mol. The number of carbonyl (C=O) groups excluding carboxylic acids is 2. The van der Waals surface area contributed by atoms with E-state index in [1.165, 1.54) is 0 Å².